The van der Waals surface area contributed by atoms with Gasteiger partial charge >= 0.3 is 0 Å². The second-order valence-electron chi connectivity index (χ2n) is 9.67. The molecule has 2 fully saturated rings. The molecule has 2 saturated carbocycles. The summed E-state index contributed by atoms with van der Waals surface area (Å²) in [6, 6.07) is 11.4. The third-order valence-electron chi connectivity index (χ3n) is 7.74. The Hall–Kier alpha value is -0.870. The molecule has 152 valence electrons. The van der Waals surface area contributed by atoms with Crippen molar-refractivity contribution in [2.45, 2.75) is 100 Å². The summed E-state index contributed by atoms with van der Waals surface area (Å²) in [6.45, 7) is 5.06. The van der Waals surface area contributed by atoms with Gasteiger partial charge in [-0.15, -0.1) is 0 Å². The zero-order valence-corrected chi connectivity index (χ0v) is 18.9. The minimum absolute atomic E-state index is 0.0399. The van der Waals surface area contributed by atoms with Crippen LogP contribution in [0, 0.1) is 5.92 Å². The summed E-state index contributed by atoms with van der Waals surface area (Å²) in [5.41, 5.74) is 3.50. The Morgan fingerprint density at radius 3 is 1.89 bits per heavy atom. The molecule has 1 heteroatoms. The van der Waals surface area contributed by atoms with Crippen LogP contribution in [0.25, 0.3) is 0 Å². The van der Waals surface area contributed by atoms with Crippen LogP contribution in [-0.2, 0) is 0 Å². The Balaban J connectivity index is 1.80. The van der Waals surface area contributed by atoms with Gasteiger partial charge in [-0.25, -0.2) is 0 Å². The number of benzene rings is 1. The fourth-order valence-corrected chi connectivity index (χ4v) is 11.5. The monoisotopic (exact) mass is 394 g/mol. The molecule has 2 atom stereocenters. The highest BCUT2D eigenvalue weighted by Crippen LogP contribution is 2.70. The minimum atomic E-state index is -0.0399. The van der Waals surface area contributed by atoms with Crippen LogP contribution in [0.2, 0.25) is 0 Å². The highest BCUT2D eigenvalue weighted by atomic mass is 31.1. The zero-order chi connectivity index (χ0) is 19.4. The fourth-order valence-electron chi connectivity index (χ4n) is 6.43. The molecule has 0 heterocycles. The van der Waals surface area contributed by atoms with E-state index in [1.807, 2.05) is 0 Å². The number of allylic oxidation sites excluding steroid dienone is 4. The van der Waals surface area contributed by atoms with Gasteiger partial charge in [0.05, 0.1) is 0 Å². The van der Waals surface area contributed by atoms with E-state index in [0.717, 1.165) is 11.3 Å². The molecule has 0 N–H and O–H groups in total. The van der Waals surface area contributed by atoms with Crippen molar-refractivity contribution in [3.63, 3.8) is 0 Å². The lowest BCUT2D eigenvalue weighted by Gasteiger charge is -2.55. The van der Waals surface area contributed by atoms with E-state index in [4.69, 9.17) is 0 Å². The Labute approximate surface area is 174 Å². The molecule has 3 aliphatic rings. The van der Waals surface area contributed by atoms with E-state index in [2.05, 4.69) is 68.5 Å². The van der Waals surface area contributed by atoms with Gasteiger partial charge in [-0.3, -0.25) is 0 Å². The predicted molar refractivity (Wildman–Crippen MR) is 126 cm³/mol. The summed E-state index contributed by atoms with van der Waals surface area (Å²) < 4.78 is 0. The first-order chi connectivity index (χ1) is 13.7. The average molecular weight is 395 g/mol. The van der Waals surface area contributed by atoms with Gasteiger partial charge in [-0.2, -0.15) is 0 Å². The highest BCUT2D eigenvalue weighted by molar-refractivity contribution is 7.61. The molecule has 3 aliphatic carbocycles. The van der Waals surface area contributed by atoms with Gasteiger partial charge in [0, 0.05) is 11.1 Å². The van der Waals surface area contributed by atoms with Crippen molar-refractivity contribution in [2.24, 2.45) is 5.92 Å². The lowest BCUT2D eigenvalue weighted by atomic mass is 9.76. The summed E-state index contributed by atoms with van der Waals surface area (Å²) in [7, 11) is -0.0399. The Kier molecular flexibility index (Phi) is 6.78. The van der Waals surface area contributed by atoms with Crippen LogP contribution < -0.4 is 0 Å². The first-order valence-electron chi connectivity index (χ1n) is 11.9. The molecule has 0 aromatic heterocycles. The van der Waals surface area contributed by atoms with E-state index in [1.165, 1.54) is 69.8 Å². The number of hydrogen-bond donors (Lipinski definition) is 0. The third kappa shape index (κ3) is 3.92. The van der Waals surface area contributed by atoms with Gasteiger partial charge in [-0.1, -0.05) is 115 Å². The van der Waals surface area contributed by atoms with Crippen LogP contribution in [0.15, 0.2) is 54.6 Å². The summed E-state index contributed by atoms with van der Waals surface area (Å²) in [6.07, 6.45) is 24.8. The molecule has 2 unspecified atom stereocenters. The fraction of sp³-hybridized carbons (Fsp3) is 0.630. The predicted octanol–water partition coefficient (Wildman–Crippen LogP) is 8.44. The molecular weight excluding hydrogens is 355 g/mol. The van der Waals surface area contributed by atoms with Crippen molar-refractivity contribution in [3.8, 4) is 0 Å². The first kappa shape index (κ1) is 20.4. The lowest BCUT2D eigenvalue weighted by Crippen LogP contribution is -2.44. The Morgan fingerprint density at radius 1 is 0.786 bits per heavy atom. The summed E-state index contributed by atoms with van der Waals surface area (Å²) in [4.78, 5) is 0. The van der Waals surface area contributed by atoms with E-state index >= 15 is 0 Å². The summed E-state index contributed by atoms with van der Waals surface area (Å²) in [5, 5.41) is 0.329. The van der Waals surface area contributed by atoms with E-state index in [-0.39, 0.29) is 7.92 Å². The summed E-state index contributed by atoms with van der Waals surface area (Å²) in [5.74, 6) is 1.24. The van der Waals surface area contributed by atoms with Crippen molar-refractivity contribution in [3.05, 3.63) is 60.2 Å². The largest absolute Gasteiger partial charge is 0.0888 e. The van der Waals surface area contributed by atoms with Crippen molar-refractivity contribution >= 4 is 7.92 Å². The normalized spacial score (nSPS) is 29.6. The second kappa shape index (κ2) is 9.30. The van der Waals surface area contributed by atoms with Gasteiger partial charge in [0.2, 0.25) is 0 Å². The Morgan fingerprint density at radius 2 is 1.36 bits per heavy atom. The molecule has 0 nitrogen and oxygen atoms in total. The maximum absolute atomic E-state index is 2.70. The van der Waals surface area contributed by atoms with Crippen molar-refractivity contribution < 1.29 is 0 Å². The maximum atomic E-state index is 2.70. The topological polar surface area (TPSA) is 0 Å². The second-order valence-corrected chi connectivity index (χ2v) is 12.7. The van der Waals surface area contributed by atoms with Crippen molar-refractivity contribution in [1.82, 2.24) is 0 Å². The van der Waals surface area contributed by atoms with Gasteiger partial charge in [0.15, 0.2) is 0 Å². The van der Waals surface area contributed by atoms with Crippen LogP contribution in [0.3, 0.4) is 0 Å². The molecule has 28 heavy (non-hydrogen) atoms. The van der Waals surface area contributed by atoms with E-state index in [9.17, 15) is 0 Å². The molecule has 0 saturated heterocycles. The minimum Gasteiger partial charge on any atom is -0.0888 e. The van der Waals surface area contributed by atoms with Crippen LogP contribution in [0.4, 0.5) is 0 Å². The molecular formula is C27H39P. The zero-order valence-electron chi connectivity index (χ0n) is 18.0. The van der Waals surface area contributed by atoms with E-state index in [1.54, 1.807) is 0 Å². The maximum Gasteiger partial charge on any atom is 0.0218 e. The molecule has 0 radical (unpaired) electrons. The lowest BCUT2D eigenvalue weighted by molar-refractivity contribution is 0.423. The van der Waals surface area contributed by atoms with Gasteiger partial charge in [-0.05, 0) is 48.5 Å². The van der Waals surface area contributed by atoms with E-state index < -0.39 is 0 Å². The van der Waals surface area contributed by atoms with Crippen LogP contribution >= 0.6 is 7.92 Å². The van der Waals surface area contributed by atoms with Gasteiger partial charge in [0.25, 0.3) is 0 Å². The molecule has 0 aliphatic heterocycles. The smallest absolute Gasteiger partial charge is 0.0218 e. The SMILES string of the molecule is CC(C)C1(P(C2CCCCC2)C2CCCCC2)C=CC=CC1c1ccccc1. The van der Waals surface area contributed by atoms with Crippen molar-refractivity contribution in [2.75, 3.05) is 0 Å². The summed E-state index contributed by atoms with van der Waals surface area (Å²) >= 11 is 0. The van der Waals surface area contributed by atoms with Crippen LogP contribution in [0.5, 0.6) is 0 Å². The third-order valence-corrected chi connectivity index (χ3v) is 12.2. The molecule has 0 amide bonds. The molecule has 0 spiro atoms. The van der Waals surface area contributed by atoms with Gasteiger partial charge < -0.3 is 0 Å². The van der Waals surface area contributed by atoms with Gasteiger partial charge in [0.1, 0.15) is 0 Å². The van der Waals surface area contributed by atoms with Crippen LogP contribution in [0.1, 0.15) is 89.5 Å². The number of hydrogen-bond acceptors (Lipinski definition) is 0. The molecule has 0 bridgehead atoms. The molecule has 1 aromatic rings. The van der Waals surface area contributed by atoms with Crippen LogP contribution in [-0.4, -0.2) is 16.5 Å². The Bertz CT molecular complexity index is 643. The highest BCUT2D eigenvalue weighted by Gasteiger charge is 2.51. The molecule has 4 rings (SSSR count). The van der Waals surface area contributed by atoms with Crippen molar-refractivity contribution in [1.29, 1.82) is 0 Å². The first-order valence-corrected chi connectivity index (χ1v) is 13.4. The standard InChI is InChI=1S/C27H39P/c1-22(2)27(21-13-12-20-26(27)23-14-6-3-7-15-23)28(24-16-8-4-9-17-24)25-18-10-5-11-19-25/h3,6-7,12-15,20-22,24-26H,4-5,8-11,16-19H2,1-2H3. The average Bonchev–Trinajstić information content (AvgIpc) is 2.76. The van der Waals surface area contributed by atoms with E-state index in [0.29, 0.717) is 17.0 Å². The molecule has 1 aromatic carbocycles. The number of rotatable bonds is 5. The quantitative estimate of drug-likeness (QED) is 0.439.